The molecule has 8 nitrogen and oxygen atoms in total. The maximum Gasteiger partial charge on any atom is 0.465 e. The van der Waals surface area contributed by atoms with Crippen LogP contribution in [0.25, 0.3) is 0 Å². The van der Waals surface area contributed by atoms with E-state index < -0.39 is 67.5 Å². The molecule has 0 radical (unpaired) electrons. The first-order chi connectivity index (χ1) is 12.0. The van der Waals surface area contributed by atoms with Gasteiger partial charge in [-0.05, 0) is 12.8 Å². The third-order valence-corrected chi connectivity index (χ3v) is 8.37. The maximum atomic E-state index is 13.5. The minimum absolute atomic E-state index is 0.442. The molecular weight excluding hydrogens is 398 g/mol. The van der Waals surface area contributed by atoms with Crippen LogP contribution in [0.2, 0.25) is 0 Å². The van der Waals surface area contributed by atoms with E-state index in [0.29, 0.717) is 12.8 Å². The van der Waals surface area contributed by atoms with Crippen molar-refractivity contribution in [2.45, 2.75) is 59.2 Å². The van der Waals surface area contributed by atoms with Gasteiger partial charge in [-0.15, -0.1) is 11.8 Å². The van der Waals surface area contributed by atoms with Crippen molar-refractivity contribution in [1.82, 2.24) is 0 Å². The summed E-state index contributed by atoms with van der Waals surface area (Å²) in [6.07, 6.45) is 0.124. The van der Waals surface area contributed by atoms with Crippen molar-refractivity contribution >= 4 is 33.8 Å². The number of hydrogen-bond donors (Lipinski definition) is 2. The number of fused-ring (bicyclic) bond motifs is 1. The third kappa shape index (κ3) is 2.34. The number of hydrogen-bond acceptors (Lipinski definition) is 8. The zero-order valence-electron chi connectivity index (χ0n) is 13.2. The Bertz CT molecular complexity index is 763. The van der Waals surface area contributed by atoms with Crippen LogP contribution in [0.4, 0.5) is 8.78 Å². The molecule has 0 aromatic carbocycles. The zero-order valence-corrected chi connectivity index (χ0v) is 14.8. The van der Waals surface area contributed by atoms with Gasteiger partial charge in [-0.2, -0.15) is 17.2 Å². The number of alkyl halides is 2. The van der Waals surface area contributed by atoms with Crippen LogP contribution in [0.3, 0.4) is 0 Å². The zero-order chi connectivity index (χ0) is 19.1. The van der Waals surface area contributed by atoms with Gasteiger partial charge in [-0.3, -0.25) is 9.35 Å². The van der Waals surface area contributed by atoms with Crippen molar-refractivity contribution in [3.63, 3.8) is 0 Å². The van der Waals surface area contributed by atoms with E-state index in [1.807, 2.05) is 0 Å². The lowest BCUT2D eigenvalue weighted by Crippen LogP contribution is -2.54. The molecule has 1 saturated carbocycles. The van der Waals surface area contributed by atoms with Gasteiger partial charge in [-0.25, -0.2) is 4.79 Å². The molecule has 4 aliphatic rings. The molecule has 3 saturated heterocycles. The number of rotatable bonds is 4. The summed E-state index contributed by atoms with van der Waals surface area (Å²) < 4.78 is 67.0. The summed E-state index contributed by atoms with van der Waals surface area (Å²) in [5.41, 5.74) is -1.18. The van der Waals surface area contributed by atoms with Crippen LogP contribution in [0.5, 0.6) is 0 Å². The van der Waals surface area contributed by atoms with Crippen LogP contribution in [0, 0.1) is 11.8 Å². The minimum Gasteiger partial charge on any atom is -0.457 e. The highest BCUT2D eigenvalue weighted by Gasteiger charge is 2.73. The molecule has 1 aliphatic carbocycles. The molecule has 26 heavy (non-hydrogen) atoms. The summed E-state index contributed by atoms with van der Waals surface area (Å²) in [6, 6.07) is 0. The minimum atomic E-state index is -5.99. The van der Waals surface area contributed by atoms with Crippen LogP contribution in [-0.2, 0) is 29.2 Å². The van der Waals surface area contributed by atoms with E-state index in [9.17, 15) is 31.9 Å². The SMILES string of the molecule is O=C1OC2C(OC(=O)C(F)(F)S(=O)(=O)O)C3SC2C1C3C1(O)CCCC1. The predicted octanol–water partition coefficient (Wildman–Crippen LogP) is 0.339. The number of ether oxygens (including phenoxy) is 2. The molecule has 6 atom stereocenters. The predicted molar refractivity (Wildman–Crippen MR) is 81.8 cm³/mol. The van der Waals surface area contributed by atoms with Gasteiger partial charge in [0.1, 0.15) is 0 Å². The van der Waals surface area contributed by atoms with Crippen LogP contribution < -0.4 is 0 Å². The van der Waals surface area contributed by atoms with Gasteiger partial charge in [-0.1, -0.05) is 12.8 Å². The lowest BCUT2D eigenvalue weighted by Gasteiger charge is -2.39. The van der Waals surface area contributed by atoms with Gasteiger partial charge in [0.15, 0.2) is 12.2 Å². The molecule has 2 bridgehead atoms. The summed E-state index contributed by atoms with van der Waals surface area (Å²) >= 11 is 1.24. The summed E-state index contributed by atoms with van der Waals surface area (Å²) in [5, 5.41) is 4.72. The summed E-state index contributed by atoms with van der Waals surface area (Å²) in [7, 11) is -5.99. The number of carbonyl (C=O) groups is 2. The Hall–Kier alpha value is -0.980. The Morgan fingerprint density at radius 1 is 1.31 bits per heavy atom. The Kier molecular flexibility index (Phi) is 3.90. The summed E-state index contributed by atoms with van der Waals surface area (Å²) in [4.78, 5) is 23.9. The number of esters is 2. The molecule has 0 spiro atoms. The van der Waals surface area contributed by atoms with Crippen LogP contribution in [0.15, 0.2) is 0 Å². The van der Waals surface area contributed by atoms with Crippen LogP contribution >= 0.6 is 11.8 Å². The summed E-state index contributed by atoms with van der Waals surface area (Å²) in [6.45, 7) is 0. The molecule has 6 unspecified atom stereocenters. The Labute approximate surface area is 151 Å². The van der Waals surface area contributed by atoms with Gasteiger partial charge in [0.2, 0.25) is 0 Å². The fourth-order valence-corrected chi connectivity index (χ4v) is 7.11. The van der Waals surface area contributed by atoms with Gasteiger partial charge < -0.3 is 14.6 Å². The topological polar surface area (TPSA) is 127 Å². The first kappa shape index (κ1) is 18.4. The molecule has 3 heterocycles. The van der Waals surface area contributed by atoms with Gasteiger partial charge in [0, 0.05) is 5.92 Å². The van der Waals surface area contributed by atoms with E-state index in [-0.39, 0.29) is 0 Å². The van der Waals surface area contributed by atoms with Crippen molar-refractivity contribution < 1.29 is 45.9 Å². The lowest BCUT2D eigenvalue weighted by atomic mass is 9.69. The molecule has 0 aromatic rings. The largest absolute Gasteiger partial charge is 0.465 e. The van der Waals surface area contributed by atoms with Crippen molar-refractivity contribution in [3.8, 4) is 0 Å². The van der Waals surface area contributed by atoms with Crippen LogP contribution in [0.1, 0.15) is 25.7 Å². The Morgan fingerprint density at radius 2 is 1.92 bits per heavy atom. The van der Waals surface area contributed by atoms with Crippen LogP contribution in [-0.4, -0.2) is 63.6 Å². The Morgan fingerprint density at radius 3 is 2.50 bits per heavy atom. The van der Waals surface area contributed by atoms with E-state index in [4.69, 9.17) is 14.0 Å². The fourth-order valence-electron chi connectivity index (χ4n) is 4.72. The molecule has 0 amide bonds. The quantitative estimate of drug-likeness (QED) is 0.494. The third-order valence-electron chi connectivity index (χ3n) is 5.80. The first-order valence-electron chi connectivity index (χ1n) is 8.12. The lowest BCUT2D eigenvalue weighted by molar-refractivity contribution is -0.175. The molecule has 0 aromatic heterocycles. The van der Waals surface area contributed by atoms with Gasteiger partial charge >= 0.3 is 27.3 Å². The molecule has 4 rings (SSSR count). The number of halogens is 2. The summed E-state index contributed by atoms with van der Waals surface area (Å²) in [5.74, 6) is -4.21. The highest BCUT2D eigenvalue weighted by molar-refractivity contribution is 8.01. The number of aliphatic hydroxyl groups is 1. The highest BCUT2D eigenvalue weighted by atomic mass is 32.2. The van der Waals surface area contributed by atoms with E-state index in [1.165, 1.54) is 11.8 Å². The number of carbonyl (C=O) groups excluding carboxylic acids is 2. The van der Waals surface area contributed by atoms with Gasteiger partial charge in [0.25, 0.3) is 0 Å². The second-order valence-corrected chi connectivity index (χ2v) is 10.0. The van der Waals surface area contributed by atoms with E-state index in [2.05, 4.69) is 0 Å². The smallest absolute Gasteiger partial charge is 0.457 e. The number of thioether (sulfide) groups is 1. The molecule has 12 heteroatoms. The van der Waals surface area contributed by atoms with E-state index in [1.54, 1.807) is 0 Å². The average molecular weight is 414 g/mol. The molecule has 4 fully saturated rings. The fraction of sp³-hybridized carbons (Fsp3) is 0.857. The molecule has 146 valence electrons. The highest BCUT2D eigenvalue weighted by Crippen LogP contribution is 2.63. The maximum absolute atomic E-state index is 13.5. The normalized spacial score (nSPS) is 40.7. The molecule has 3 aliphatic heterocycles. The van der Waals surface area contributed by atoms with Crippen molar-refractivity contribution in [2.75, 3.05) is 0 Å². The first-order valence-corrected chi connectivity index (χ1v) is 10.5. The van der Waals surface area contributed by atoms with Crippen molar-refractivity contribution in [2.24, 2.45) is 11.8 Å². The van der Waals surface area contributed by atoms with E-state index >= 15 is 0 Å². The van der Waals surface area contributed by atoms with E-state index in [0.717, 1.165) is 12.8 Å². The van der Waals surface area contributed by atoms with Crippen molar-refractivity contribution in [3.05, 3.63) is 0 Å². The van der Waals surface area contributed by atoms with Crippen molar-refractivity contribution in [1.29, 1.82) is 0 Å². The Balaban J connectivity index is 1.63. The second kappa shape index (κ2) is 5.52. The monoisotopic (exact) mass is 414 g/mol. The molecular formula is C14H16F2O8S2. The average Bonchev–Trinajstić information content (AvgIpc) is 3.23. The molecule has 2 N–H and O–H groups in total. The second-order valence-electron chi connectivity index (χ2n) is 7.19. The van der Waals surface area contributed by atoms with Gasteiger partial charge in [0.05, 0.1) is 22.0 Å². The standard InChI is InChI=1S/C14H16F2O8S2/c15-14(16,26(20,21)22)12(18)24-8-7-9-5(11(17)23-7)6(10(8)25-9)13(19)3-1-2-4-13/h5-10,19H,1-4H2,(H,20,21,22).